The zero-order valence-corrected chi connectivity index (χ0v) is 8.36. The normalized spacial score (nSPS) is 11.5. The number of halogens is 2. The Hall–Kier alpha value is 0.170. The summed E-state index contributed by atoms with van der Waals surface area (Å²) in [4.78, 5) is 1.67. The molecule has 0 aromatic rings. The standard InChI is InChI=1S/C8H17F2NS/c1-11(7-8(9)10)5-3-2-4-6-12/h8,12H,2-7H2,1H3. The molecule has 0 amide bonds. The molecular weight excluding hydrogens is 180 g/mol. The van der Waals surface area contributed by atoms with E-state index in [2.05, 4.69) is 12.6 Å². The number of rotatable bonds is 7. The summed E-state index contributed by atoms with van der Waals surface area (Å²) < 4.78 is 23.6. The van der Waals surface area contributed by atoms with Crippen LogP contribution in [0.5, 0.6) is 0 Å². The molecule has 0 aromatic heterocycles. The second-order valence-corrected chi connectivity index (χ2v) is 3.38. The minimum atomic E-state index is -2.21. The molecule has 4 heteroatoms. The van der Waals surface area contributed by atoms with E-state index >= 15 is 0 Å². The molecule has 0 aliphatic heterocycles. The summed E-state index contributed by atoms with van der Waals surface area (Å²) in [7, 11) is 1.73. The maximum atomic E-state index is 11.8. The highest BCUT2D eigenvalue weighted by Crippen LogP contribution is 2.01. The molecule has 0 heterocycles. The molecule has 1 nitrogen and oxygen atoms in total. The van der Waals surface area contributed by atoms with Gasteiger partial charge in [0.15, 0.2) is 0 Å². The van der Waals surface area contributed by atoms with Crippen molar-refractivity contribution in [2.24, 2.45) is 0 Å². The molecule has 0 rings (SSSR count). The Morgan fingerprint density at radius 1 is 1.25 bits per heavy atom. The molecule has 0 radical (unpaired) electrons. The van der Waals surface area contributed by atoms with Crippen molar-refractivity contribution in [3.8, 4) is 0 Å². The maximum absolute atomic E-state index is 11.8. The van der Waals surface area contributed by atoms with E-state index in [0.29, 0.717) is 0 Å². The van der Waals surface area contributed by atoms with Crippen molar-refractivity contribution < 1.29 is 8.78 Å². The third-order valence-corrected chi connectivity index (χ3v) is 1.96. The number of nitrogens with zero attached hydrogens (tertiary/aromatic N) is 1. The van der Waals surface area contributed by atoms with Crippen LogP contribution in [0.1, 0.15) is 19.3 Å². The van der Waals surface area contributed by atoms with Crippen LogP contribution in [0.2, 0.25) is 0 Å². The van der Waals surface area contributed by atoms with Gasteiger partial charge in [-0.3, -0.25) is 0 Å². The van der Waals surface area contributed by atoms with Crippen molar-refractivity contribution in [1.82, 2.24) is 4.90 Å². The van der Waals surface area contributed by atoms with Gasteiger partial charge in [0.2, 0.25) is 0 Å². The third-order valence-electron chi connectivity index (χ3n) is 1.65. The molecule has 0 aliphatic carbocycles. The summed E-state index contributed by atoms with van der Waals surface area (Å²) in [5.41, 5.74) is 0. The van der Waals surface area contributed by atoms with Crippen LogP contribution in [0.25, 0.3) is 0 Å². The van der Waals surface area contributed by atoms with Gasteiger partial charge >= 0.3 is 0 Å². The van der Waals surface area contributed by atoms with Gasteiger partial charge in [-0.2, -0.15) is 12.6 Å². The van der Waals surface area contributed by atoms with E-state index in [1.807, 2.05) is 0 Å². The molecule has 0 unspecified atom stereocenters. The minimum absolute atomic E-state index is 0.110. The van der Waals surface area contributed by atoms with Crippen molar-refractivity contribution in [2.45, 2.75) is 25.7 Å². The van der Waals surface area contributed by atoms with Crippen molar-refractivity contribution in [1.29, 1.82) is 0 Å². The summed E-state index contributed by atoms with van der Waals surface area (Å²) in [5, 5.41) is 0. The third kappa shape index (κ3) is 8.27. The second kappa shape index (κ2) is 7.80. The Labute approximate surface area is 78.5 Å². The van der Waals surface area contributed by atoms with Crippen LogP contribution in [0.15, 0.2) is 0 Å². The molecule has 0 atom stereocenters. The van der Waals surface area contributed by atoms with Crippen LogP contribution >= 0.6 is 12.6 Å². The highest BCUT2D eigenvalue weighted by Gasteiger charge is 2.06. The van der Waals surface area contributed by atoms with Crippen molar-refractivity contribution in [3.63, 3.8) is 0 Å². The summed E-state index contributed by atoms with van der Waals surface area (Å²) in [6, 6.07) is 0. The van der Waals surface area contributed by atoms with Gasteiger partial charge in [-0.05, 0) is 32.2 Å². The topological polar surface area (TPSA) is 3.24 Å². The summed E-state index contributed by atoms with van der Waals surface area (Å²) in [6.45, 7) is 0.652. The van der Waals surface area contributed by atoms with Crippen molar-refractivity contribution in [2.75, 3.05) is 25.9 Å². The van der Waals surface area contributed by atoms with E-state index in [4.69, 9.17) is 0 Å². The number of alkyl halides is 2. The zero-order valence-electron chi connectivity index (χ0n) is 7.47. The quantitative estimate of drug-likeness (QED) is 0.484. The van der Waals surface area contributed by atoms with Gasteiger partial charge in [0, 0.05) is 0 Å². The van der Waals surface area contributed by atoms with Gasteiger partial charge in [-0.25, -0.2) is 8.78 Å². The summed E-state index contributed by atoms with van der Waals surface area (Å²) >= 11 is 4.07. The van der Waals surface area contributed by atoms with E-state index in [1.54, 1.807) is 11.9 Å². The summed E-state index contributed by atoms with van der Waals surface area (Å²) in [6.07, 6.45) is 0.937. The first-order valence-corrected chi connectivity index (χ1v) is 4.87. The van der Waals surface area contributed by atoms with Gasteiger partial charge in [0.25, 0.3) is 6.43 Å². The van der Waals surface area contributed by atoms with Gasteiger partial charge in [-0.15, -0.1) is 0 Å². The molecular formula is C8H17F2NS. The highest BCUT2D eigenvalue weighted by atomic mass is 32.1. The monoisotopic (exact) mass is 197 g/mol. The van der Waals surface area contributed by atoms with Gasteiger partial charge in [0.05, 0.1) is 6.54 Å². The first-order chi connectivity index (χ1) is 5.66. The largest absolute Gasteiger partial charge is 0.301 e. The Bertz CT molecular complexity index is 101. The first-order valence-electron chi connectivity index (χ1n) is 4.24. The number of unbranched alkanes of at least 4 members (excludes halogenated alkanes) is 2. The fourth-order valence-corrected chi connectivity index (χ4v) is 1.22. The Morgan fingerprint density at radius 2 is 1.92 bits per heavy atom. The van der Waals surface area contributed by atoms with E-state index in [0.717, 1.165) is 31.6 Å². The predicted molar refractivity (Wildman–Crippen MR) is 51.2 cm³/mol. The fraction of sp³-hybridized carbons (Fsp3) is 1.00. The molecule has 0 saturated carbocycles. The van der Waals surface area contributed by atoms with Crippen molar-refractivity contribution >= 4 is 12.6 Å². The van der Waals surface area contributed by atoms with Crippen LogP contribution in [0.3, 0.4) is 0 Å². The summed E-state index contributed by atoms with van der Waals surface area (Å²) in [5.74, 6) is 0.887. The lowest BCUT2D eigenvalue weighted by atomic mass is 10.2. The van der Waals surface area contributed by atoms with Crippen LogP contribution in [0.4, 0.5) is 8.78 Å². The average Bonchev–Trinajstić information content (AvgIpc) is 1.97. The lowest BCUT2D eigenvalue weighted by Gasteiger charge is -2.15. The SMILES string of the molecule is CN(CCCCCS)CC(F)F. The molecule has 0 spiro atoms. The number of hydrogen-bond acceptors (Lipinski definition) is 2. The molecule has 74 valence electrons. The smallest absolute Gasteiger partial charge is 0.251 e. The van der Waals surface area contributed by atoms with E-state index in [-0.39, 0.29) is 6.54 Å². The molecule has 0 fully saturated rings. The van der Waals surface area contributed by atoms with Crippen molar-refractivity contribution in [3.05, 3.63) is 0 Å². The Morgan fingerprint density at radius 3 is 2.42 bits per heavy atom. The average molecular weight is 197 g/mol. The Balaban J connectivity index is 3.14. The molecule has 12 heavy (non-hydrogen) atoms. The van der Waals surface area contributed by atoms with E-state index in [9.17, 15) is 8.78 Å². The maximum Gasteiger partial charge on any atom is 0.251 e. The molecule has 0 aliphatic rings. The fourth-order valence-electron chi connectivity index (χ4n) is 0.997. The molecule has 0 aromatic carbocycles. The molecule has 0 N–H and O–H groups in total. The lowest BCUT2D eigenvalue weighted by molar-refractivity contribution is 0.0996. The second-order valence-electron chi connectivity index (χ2n) is 2.94. The van der Waals surface area contributed by atoms with Gasteiger partial charge in [-0.1, -0.05) is 6.42 Å². The van der Waals surface area contributed by atoms with Crippen LogP contribution in [-0.2, 0) is 0 Å². The lowest BCUT2D eigenvalue weighted by Crippen LogP contribution is -2.25. The number of thiol groups is 1. The molecule has 0 saturated heterocycles. The predicted octanol–water partition coefficient (Wildman–Crippen LogP) is 2.28. The molecule has 0 bridgehead atoms. The number of hydrogen-bond donors (Lipinski definition) is 1. The highest BCUT2D eigenvalue weighted by molar-refractivity contribution is 7.80. The van der Waals surface area contributed by atoms with Gasteiger partial charge in [0.1, 0.15) is 0 Å². The zero-order chi connectivity index (χ0) is 9.40. The van der Waals surface area contributed by atoms with Crippen LogP contribution in [-0.4, -0.2) is 37.2 Å². The Kier molecular flexibility index (Phi) is 7.91. The van der Waals surface area contributed by atoms with Crippen LogP contribution in [0, 0.1) is 0 Å². The van der Waals surface area contributed by atoms with Crippen LogP contribution < -0.4 is 0 Å². The minimum Gasteiger partial charge on any atom is -0.301 e. The van der Waals surface area contributed by atoms with Gasteiger partial charge < -0.3 is 4.90 Å². The first kappa shape index (κ1) is 12.2. The van der Waals surface area contributed by atoms with E-state index < -0.39 is 6.43 Å². The van der Waals surface area contributed by atoms with E-state index in [1.165, 1.54) is 0 Å².